The molecule has 1 unspecified atom stereocenters. The highest BCUT2D eigenvalue weighted by molar-refractivity contribution is 7.16. The molecule has 9 heteroatoms. The second-order valence-corrected chi connectivity index (χ2v) is 9.51. The van der Waals surface area contributed by atoms with Crippen LogP contribution in [0, 0.1) is 11.5 Å². The van der Waals surface area contributed by atoms with Crippen molar-refractivity contribution in [1.29, 1.82) is 5.26 Å². The Morgan fingerprint density at radius 1 is 1.29 bits per heavy atom. The predicted molar refractivity (Wildman–Crippen MR) is 134 cm³/mol. The summed E-state index contributed by atoms with van der Waals surface area (Å²) in [4.78, 5) is 33.6. The molecular formula is C26H27N5O3S. The fraction of sp³-hybridized carbons (Fsp3) is 0.308. The molecule has 0 radical (unpaired) electrons. The lowest BCUT2D eigenvalue weighted by Crippen LogP contribution is -2.42. The second kappa shape index (κ2) is 11.0. The first-order valence-corrected chi connectivity index (χ1v) is 12.2. The van der Waals surface area contributed by atoms with Crippen LogP contribution in [0.3, 0.4) is 0 Å². The van der Waals surface area contributed by atoms with Gasteiger partial charge >= 0.3 is 6.03 Å². The average molecular weight is 490 g/mol. The fourth-order valence-electron chi connectivity index (χ4n) is 4.14. The van der Waals surface area contributed by atoms with Crippen LogP contribution in [0.5, 0.6) is 5.75 Å². The van der Waals surface area contributed by atoms with Crippen molar-refractivity contribution >= 4 is 28.3 Å². The number of thiophene rings is 1. The van der Waals surface area contributed by atoms with Crippen LogP contribution < -0.4 is 15.0 Å². The molecule has 0 aliphatic carbocycles. The largest absolute Gasteiger partial charge is 0.496 e. The second-order valence-electron chi connectivity index (χ2n) is 8.40. The quantitative estimate of drug-likeness (QED) is 0.391. The molecule has 35 heavy (non-hydrogen) atoms. The van der Waals surface area contributed by atoms with Crippen molar-refractivity contribution in [2.45, 2.75) is 38.8 Å². The molecule has 2 aromatic heterocycles. The molecule has 0 saturated carbocycles. The third-order valence-corrected chi connectivity index (χ3v) is 7.22. The van der Waals surface area contributed by atoms with Gasteiger partial charge in [-0.3, -0.25) is 9.78 Å². The Kier molecular flexibility index (Phi) is 7.63. The van der Waals surface area contributed by atoms with Crippen molar-refractivity contribution in [2.24, 2.45) is 0 Å². The summed E-state index contributed by atoms with van der Waals surface area (Å²) in [6, 6.07) is 13.1. The molecule has 0 spiro atoms. The maximum atomic E-state index is 13.1. The highest BCUT2D eigenvalue weighted by Crippen LogP contribution is 2.35. The Hall–Kier alpha value is -3.90. The number of amides is 3. The molecular weight excluding hydrogens is 462 g/mol. The fourth-order valence-corrected chi connectivity index (χ4v) is 5.34. The highest BCUT2D eigenvalue weighted by Gasteiger charge is 2.27. The molecule has 1 aromatic carbocycles. The minimum absolute atomic E-state index is 0.108. The standard InChI is InChI=1S/C26H27N5O3S/c1-18(21-5-3-4-6-22(21)34-2)13-24(32)31(17-27)25-14-20-9-12-30(16-23(20)35-25)26(33)29-15-19-7-10-28-11-8-19/h3-8,10-11,14,18H,9,12-13,15-16H2,1-2H3,(H,29,33). The minimum atomic E-state index is -0.267. The van der Waals surface area contributed by atoms with Crippen molar-refractivity contribution in [3.8, 4) is 11.9 Å². The summed E-state index contributed by atoms with van der Waals surface area (Å²) in [5.74, 6) is 0.352. The van der Waals surface area contributed by atoms with Gasteiger partial charge in [0.2, 0.25) is 5.91 Å². The molecule has 1 atom stereocenters. The number of nitrogens with zero attached hydrogens (tertiary/aromatic N) is 4. The van der Waals surface area contributed by atoms with Crippen molar-refractivity contribution < 1.29 is 14.3 Å². The number of hydrogen-bond acceptors (Lipinski definition) is 6. The van der Waals surface area contributed by atoms with E-state index in [2.05, 4.69) is 16.5 Å². The number of carbonyl (C=O) groups excluding carboxylic acids is 2. The first kappa shape index (κ1) is 24.2. The van der Waals surface area contributed by atoms with E-state index >= 15 is 0 Å². The lowest BCUT2D eigenvalue weighted by atomic mass is 9.96. The molecule has 1 aliphatic rings. The van der Waals surface area contributed by atoms with Crippen LogP contribution in [0.2, 0.25) is 0 Å². The molecule has 3 aromatic rings. The van der Waals surface area contributed by atoms with Gasteiger partial charge in [0.1, 0.15) is 10.8 Å². The van der Waals surface area contributed by atoms with Gasteiger partial charge in [0.25, 0.3) is 0 Å². The highest BCUT2D eigenvalue weighted by atomic mass is 32.1. The normalized spacial score (nSPS) is 13.3. The number of rotatable bonds is 7. The van der Waals surface area contributed by atoms with E-state index in [1.165, 1.54) is 16.2 Å². The Morgan fingerprint density at radius 2 is 2.06 bits per heavy atom. The van der Waals surface area contributed by atoms with Crippen molar-refractivity contribution in [3.63, 3.8) is 0 Å². The number of carbonyl (C=O) groups is 2. The summed E-state index contributed by atoms with van der Waals surface area (Å²) in [5, 5.41) is 13.3. The summed E-state index contributed by atoms with van der Waals surface area (Å²) >= 11 is 1.39. The van der Waals surface area contributed by atoms with Crippen molar-refractivity contribution in [2.75, 3.05) is 18.6 Å². The number of aromatic nitrogens is 1. The topological polar surface area (TPSA) is 98.6 Å². The third-order valence-electron chi connectivity index (χ3n) is 6.07. The van der Waals surface area contributed by atoms with E-state index in [9.17, 15) is 14.9 Å². The van der Waals surface area contributed by atoms with Gasteiger partial charge in [-0.15, -0.1) is 11.3 Å². The van der Waals surface area contributed by atoms with Crippen LogP contribution >= 0.6 is 11.3 Å². The summed E-state index contributed by atoms with van der Waals surface area (Å²) in [7, 11) is 1.60. The lowest BCUT2D eigenvalue weighted by molar-refractivity contribution is -0.118. The van der Waals surface area contributed by atoms with E-state index in [0.29, 0.717) is 31.1 Å². The van der Waals surface area contributed by atoms with Gasteiger partial charge in [0.15, 0.2) is 6.19 Å². The smallest absolute Gasteiger partial charge is 0.318 e. The number of hydrogen-bond donors (Lipinski definition) is 1. The summed E-state index contributed by atoms with van der Waals surface area (Å²) < 4.78 is 5.42. The number of nitrogens with one attached hydrogen (secondary N) is 1. The molecule has 1 aliphatic heterocycles. The molecule has 4 rings (SSSR count). The number of para-hydroxylation sites is 1. The Labute approximate surface area is 208 Å². The molecule has 180 valence electrons. The number of anilines is 1. The van der Waals surface area contributed by atoms with E-state index in [1.54, 1.807) is 24.4 Å². The van der Waals surface area contributed by atoms with E-state index in [0.717, 1.165) is 27.3 Å². The first-order valence-electron chi connectivity index (χ1n) is 11.4. The Balaban J connectivity index is 1.40. The third kappa shape index (κ3) is 5.61. The zero-order chi connectivity index (χ0) is 24.8. The number of urea groups is 1. The zero-order valence-corrected chi connectivity index (χ0v) is 20.5. The number of ether oxygens (including phenoxy) is 1. The van der Waals surface area contributed by atoms with Crippen LogP contribution in [-0.2, 0) is 24.3 Å². The Morgan fingerprint density at radius 3 is 2.80 bits per heavy atom. The molecule has 1 N–H and O–H groups in total. The van der Waals surface area contributed by atoms with Crippen molar-refractivity contribution in [3.05, 3.63) is 76.4 Å². The zero-order valence-electron chi connectivity index (χ0n) is 19.7. The van der Waals surface area contributed by atoms with Crippen LogP contribution in [0.15, 0.2) is 54.9 Å². The number of methoxy groups -OCH3 is 1. The van der Waals surface area contributed by atoms with Crippen molar-refractivity contribution in [1.82, 2.24) is 15.2 Å². The van der Waals surface area contributed by atoms with E-state index in [4.69, 9.17) is 4.74 Å². The van der Waals surface area contributed by atoms with E-state index < -0.39 is 0 Å². The summed E-state index contributed by atoms with van der Waals surface area (Å²) in [5.41, 5.74) is 2.99. The number of pyridine rings is 1. The molecule has 0 saturated heterocycles. The number of fused-ring (bicyclic) bond motifs is 1. The maximum Gasteiger partial charge on any atom is 0.318 e. The summed E-state index contributed by atoms with van der Waals surface area (Å²) in [6.45, 7) is 3.42. The minimum Gasteiger partial charge on any atom is -0.496 e. The molecule has 0 fully saturated rings. The van der Waals surface area contributed by atoms with E-state index in [1.807, 2.05) is 49.4 Å². The van der Waals surface area contributed by atoms with Crippen LogP contribution in [0.4, 0.5) is 9.80 Å². The van der Waals surface area contributed by atoms with Gasteiger partial charge in [-0.05, 0) is 53.3 Å². The monoisotopic (exact) mass is 489 g/mol. The predicted octanol–water partition coefficient (Wildman–Crippen LogP) is 4.43. The maximum absolute atomic E-state index is 13.1. The van der Waals surface area contributed by atoms with Gasteiger partial charge in [-0.1, -0.05) is 25.1 Å². The summed E-state index contributed by atoms with van der Waals surface area (Å²) in [6.07, 6.45) is 6.30. The molecule has 0 bridgehead atoms. The lowest BCUT2D eigenvalue weighted by Gasteiger charge is -2.27. The van der Waals surface area contributed by atoms with Gasteiger partial charge in [-0.25, -0.2) is 9.69 Å². The Bertz CT molecular complexity index is 1240. The first-order chi connectivity index (χ1) is 17.0. The molecule has 8 nitrogen and oxygen atoms in total. The van der Waals surface area contributed by atoms with Gasteiger partial charge in [-0.2, -0.15) is 5.26 Å². The molecule has 3 amide bonds. The van der Waals surface area contributed by atoms with Gasteiger partial charge in [0.05, 0.1) is 13.7 Å². The number of benzene rings is 1. The number of nitriles is 1. The van der Waals surface area contributed by atoms with Crippen LogP contribution in [-0.4, -0.2) is 35.5 Å². The van der Waals surface area contributed by atoms with Gasteiger partial charge in [0, 0.05) is 36.8 Å². The van der Waals surface area contributed by atoms with Crippen LogP contribution in [0.1, 0.15) is 40.8 Å². The molecule has 3 heterocycles. The van der Waals surface area contributed by atoms with Gasteiger partial charge < -0.3 is 15.0 Å². The average Bonchev–Trinajstić information content (AvgIpc) is 3.31. The van der Waals surface area contributed by atoms with Crippen LogP contribution in [0.25, 0.3) is 0 Å². The SMILES string of the molecule is COc1ccccc1C(C)CC(=O)N(C#N)c1cc2c(s1)CN(C(=O)NCc1ccncc1)CC2. The van der Waals surface area contributed by atoms with E-state index in [-0.39, 0.29) is 24.3 Å².